The van der Waals surface area contributed by atoms with E-state index >= 15 is 0 Å². The fraction of sp³-hybridized carbons (Fsp3) is 0.765. The molecule has 7 nitrogen and oxygen atoms in total. The number of nitrogens with zero attached hydrogens (tertiary/aromatic N) is 3. The van der Waals surface area contributed by atoms with Gasteiger partial charge in [0.2, 0.25) is 0 Å². The standard InChI is InChI=1S/C17H26N4O3/c1-4-24-17(23)15(14(11-5-6-11)12-7-8-12)19-16(22)13-9-18-20-21(13)10(2)3/h9-12,14-15H,4-8H2,1-3H3,(H,19,22). The predicted molar refractivity (Wildman–Crippen MR) is 87.2 cm³/mol. The van der Waals surface area contributed by atoms with E-state index in [0.717, 1.165) is 25.7 Å². The first-order valence-electron chi connectivity index (χ1n) is 8.90. The molecule has 1 heterocycles. The van der Waals surface area contributed by atoms with Crippen LogP contribution in [0.15, 0.2) is 6.20 Å². The van der Waals surface area contributed by atoms with Crippen molar-refractivity contribution in [3.05, 3.63) is 11.9 Å². The van der Waals surface area contributed by atoms with Gasteiger partial charge in [-0.1, -0.05) is 5.21 Å². The molecule has 132 valence electrons. The van der Waals surface area contributed by atoms with Gasteiger partial charge in [-0.25, -0.2) is 9.48 Å². The maximum atomic E-state index is 12.7. The first kappa shape index (κ1) is 16.9. The monoisotopic (exact) mass is 334 g/mol. The molecule has 0 bridgehead atoms. The lowest BCUT2D eigenvalue weighted by Crippen LogP contribution is -2.48. The Bertz CT molecular complexity index is 593. The number of amides is 1. The molecule has 0 aliphatic heterocycles. The lowest BCUT2D eigenvalue weighted by molar-refractivity contribution is -0.147. The van der Waals surface area contributed by atoms with Crippen molar-refractivity contribution in [1.29, 1.82) is 0 Å². The van der Waals surface area contributed by atoms with E-state index in [-0.39, 0.29) is 23.8 Å². The molecule has 1 N–H and O–H groups in total. The third kappa shape index (κ3) is 3.60. The van der Waals surface area contributed by atoms with Crippen LogP contribution in [0.5, 0.6) is 0 Å². The molecular weight excluding hydrogens is 308 g/mol. The van der Waals surface area contributed by atoms with Gasteiger partial charge in [0.05, 0.1) is 12.8 Å². The zero-order valence-electron chi connectivity index (χ0n) is 14.6. The predicted octanol–water partition coefficient (Wildman–Crippen LogP) is 1.96. The molecule has 2 saturated carbocycles. The van der Waals surface area contributed by atoms with Crippen molar-refractivity contribution in [2.24, 2.45) is 17.8 Å². The number of hydrogen-bond donors (Lipinski definition) is 1. The molecule has 1 aromatic rings. The second-order valence-corrected chi connectivity index (χ2v) is 7.11. The van der Waals surface area contributed by atoms with Gasteiger partial charge in [0.15, 0.2) is 0 Å². The average Bonchev–Trinajstić information content (AvgIpc) is 3.47. The molecule has 1 aromatic heterocycles. The molecule has 0 spiro atoms. The molecule has 2 aliphatic rings. The second-order valence-electron chi connectivity index (χ2n) is 7.11. The third-order valence-electron chi connectivity index (χ3n) is 4.84. The van der Waals surface area contributed by atoms with Crippen molar-refractivity contribution < 1.29 is 14.3 Å². The largest absolute Gasteiger partial charge is 0.464 e. The normalized spacial score (nSPS) is 18.7. The average molecular weight is 334 g/mol. The van der Waals surface area contributed by atoms with Crippen LogP contribution >= 0.6 is 0 Å². The van der Waals surface area contributed by atoms with E-state index in [0.29, 0.717) is 24.1 Å². The summed E-state index contributed by atoms with van der Waals surface area (Å²) in [6, 6.07) is -0.551. The van der Waals surface area contributed by atoms with E-state index in [1.807, 2.05) is 13.8 Å². The summed E-state index contributed by atoms with van der Waals surface area (Å²) in [5, 5.41) is 10.7. The number of esters is 1. The summed E-state index contributed by atoms with van der Waals surface area (Å²) in [6.45, 7) is 5.98. The molecule has 0 saturated heterocycles. The molecule has 7 heteroatoms. The van der Waals surface area contributed by atoms with Crippen LogP contribution in [-0.2, 0) is 9.53 Å². The number of hydrogen-bond acceptors (Lipinski definition) is 5. The number of aromatic nitrogens is 3. The Labute approximate surface area is 142 Å². The molecule has 0 radical (unpaired) electrons. The van der Waals surface area contributed by atoms with Crippen LogP contribution in [0.3, 0.4) is 0 Å². The Morgan fingerprint density at radius 1 is 1.29 bits per heavy atom. The maximum absolute atomic E-state index is 12.7. The van der Waals surface area contributed by atoms with E-state index in [2.05, 4.69) is 15.6 Å². The summed E-state index contributed by atoms with van der Waals surface area (Å²) in [6.07, 6.45) is 5.99. The van der Waals surface area contributed by atoms with E-state index in [1.165, 1.54) is 6.20 Å². The summed E-state index contributed by atoms with van der Waals surface area (Å²) >= 11 is 0. The molecule has 1 amide bonds. The van der Waals surface area contributed by atoms with Crippen LogP contribution < -0.4 is 5.32 Å². The van der Waals surface area contributed by atoms with E-state index in [9.17, 15) is 9.59 Å². The minimum absolute atomic E-state index is 0.0250. The van der Waals surface area contributed by atoms with Gasteiger partial charge < -0.3 is 10.1 Å². The SMILES string of the molecule is CCOC(=O)C(NC(=O)c1cnnn1C(C)C)C(C1CC1)C1CC1. The highest BCUT2D eigenvalue weighted by Gasteiger charge is 2.49. The van der Waals surface area contributed by atoms with Crippen LogP contribution in [0, 0.1) is 17.8 Å². The van der Waals surface area contributed by atoms with Crippen molar-refractivity contribution in [3.63, 3.8) is 0 Å². The Hall–Kier alpha value is -1.92. The van der Waals surface area contributed by atoms with Crippen LogP contribution in [0.25, 0.3) is 0 Å². The van der Waals surface area contributed by atoms with Gasteiger partial charge in [0.1, 0.15) is 11.7 Å². The zero-order valence-corrected chi connectivity index (χ0v) is 14.6. The number of rotatable bonds is 8. The molecular formula is C17H26N4O3. The van der Waals surface area contributed by atoms with Gasteiger partial charge in [-0.05, 0) is 64.2 Å². The summed E-state index contributed by atoms with van der Waals surface area (Å²) in [4.78, 5) is 25.2. The Morgan fingerprint density at radius 3 is 2.42 bits per heavy atom. The molecule has 3 rings (SSSR count). The van der Waals surface area contributed by atoms with Crippen LogP contribution in [0.2, 0.25) is 0 Å². The van der Waals surface area contributed by atoms with Gasteiger partial charge in [-0.2, -0.15) is 0 Å². The Kier molecular flexibility index (Phi) is 4.87. The number of carbonyl (C=O) groups is 2. The number of carbonyl (C=O) groups excluding carboxylic acids is 2. The summed E-state index contributed by atoms with van der Waals surface area (Å²) < 4.78 is 6.82. The van der Waals surface area contributed by atoms with Gasteiger partial charge in [-0.3, -0.25) is 4.79 Å². The summed E-state index contributed by atoms with van der Waals surface area (Å²) in [5.74, 6) is 0.619. The number of ether oxygens (including phenoxy) is 1. The lowest BCUT2D eigenvalue weighted by atomic mass is 9.89. The maximum Gasteiger partial charge on any atom is 0.328 e. The van der Waals surface area contributed by atoms with Crippen LogP contribution in [0.4, 0.5) is 0 Å². The topological polar surface area (TPSA) is 86.1 Å². The van der Waals surface area contributed by atoms with Crippen molar-refractivity contribution in [2.75, 3.05) is 6.61 Å². The second kappa shape index (κ2) is 6.91. The van der Waals surface area contributed by atoms with Crippen molar-refractivity contribution in [1.82, 2.24) is 20.3 Å². The van der Waals surface area contributed by atoms with E-state index in [4.69, 9.17) is 4.74 Å². The minimum atomic E-state index is -0.576. The molecule has 2 aliphatic carbocycles. The first-order chi connectivity index (χ1) is 11.5. The van der Waals surface area contributed by atoms with Crippen LogP contribution in [-0.4, -0.2) is 39.5 Å². The summed E-state index contributed by atoms with van der Waals surface area (Å²) in [7, 11) is 0. The van der Waals surface area contributed by atoms with Crippen molar-refractivity contribution in [3.8, 4) is 0 Å². The van der Waals surface area contributed by atoms with E-state index in [1.54, 1.807) is 11.6 Å². The zero-order chi connectivity index (χ0) is 17.3. The lowest BCUT2D eigenvalue weighted by Gasteiger charge is -2.26. The molecule has 2 fully saturated rings. The Balaban J connectivity index is 1.79. The van der Waals surface area contributed by atoms with Gasteiger partial charge in [0, 0.05) is 6.04 Å². The van der Waals surface area contributed by atoms with E-state index < -0.39 is 6.04 Å². The molecule has 24 heavy (non-hydrogen) atoms. The van der Waals surface area contributed by atoms with Crippen molar-refractivity contribution >= 4 is 11.9 Å². The molecule has 1 atom stereocenters. The smallest absolute Gasteiger partial charge is 0.328 e. The highest BCUT2D eigenvalue weighted by atomic mass is 16.5. The molecule has 0 aromatic carbocycles. The number of nitrogens with one attached hydrogen (secondary N) is 1. The van der Waals surface area contributed by atoms with Gasteiger partial charge in [-0.15, -0.1) is 5.10 Å². The third-order valence-corrected chi connectivity index (χ3v) is 4.84. The quantitative estimate of drug-likeness (QED) is 0.734. The minimum Gasteiger partial charge on any atom is -0.464 e. The highest BCUT2D eigenvalue weighted by Crippen LogP contribution is 2.50. The first-order valence-corrected chi connectivity index (χ1v) is 8.90. The van der Waals surface area contributed by atoms with Gasteiger partial charge >= 0.3 is 5.97 Å². The fourth-order valence-electron chi connectivity index (χ4n) is 3.44. The fourth-order valence-corrected chi connectivity index (χ4v) is 3.44. The summed E-state index contributed by atoms with van der Waals surface area (Å²) in [5.41, 5.74) is 0.379. The van der Waals surface area contributed by atoms with Crippen molar-refractivity contribution in [2.45, 2.75) is 58.5 Å². The molecule has 1 unspecified atom stereocenters. The Morgan fingerprint density at radius 2 is 1.92 bits per heavy atom. The highest BCUT2D eigenvalue weighted by molar-refractivity contribution is 5.95. The van der Waals surface area contributed by atoms with Gasteiger partial charge in [0.25, 0.3) is 5.91 Å². The van der Waals surface area contributed by atoms with Crippen LogP contribution in [0.1, 0.15) is 63.0 Å².